The third-order valence-electron chi connectivity index (χ3n) is 12.1. The van der Waals surface area contributed by atoms with Crippen LogP contribution in [-0.2, 0) is 28.0 Å². The summed E-state index contributed by atoms with van der Waals surface area (Å²) in [4.78, 5) is 82.2. The van der Waals surface area contributed by atoms with E-state index in [0.717, 1.165) is 67.4 Å². The van der Waals surface area contributed by atoms with Crippen LogP contribution >= 0.6 is 0 Å². The Balaban J connectivity index is 0.787. The van der Waals surface area contributed by atoms with Crippen LogP contribution in [0.1, 0.15) is 97.6 Å². The minimum atomic E-state index is -1.12. The van der Waals surface area contributed by atoms with Gasteiger partial charge in [0.05, 0.1) is 43.8 Å². The maximum atomic E-state index is 13.3. The summed E-state index contributed by atoms with van der Waals surface area (Å²) in [7, 11) is 4.92. The second kappa shape index (κ2) is 19.2. The molecule has 2 aromatic carbocycles. The molecule has 2 fully saturated rings. The zero-order valence-electron chi connectivity index (χ0n) is 35.6. The molecule has 0 radical (unpaired) electrons. The maximum Gasteiger partial charge on any atom is 0.264 e. The number of rotatable bonds is 18. The predicted molar refractivity (Wildman–Crippen MR) is 230 cm³/mol. The number of piperazine rings is 1. The number of methoxy groups -OCH3 is 2. The van der Waals surface area contributed by atoms with Gasteiger partial charge in [-0.25, -0.2) is 0 Å². The molecule has 0 aliphatic carbocycles. The van der Waals surface area contributed by atoms with Crippen molar-refractivity contribution < 1.29 is 37.9 Å². The van der Waals surface area contributed by atoms with E-state index in [1.807, 2.05) is 29.2 Å². The molecule has 0 saturated carbocycles. The van der Waals surface area contributed by atoms with Crippen molar-refractivity contribution >= 4 is 46.1 Å². The van der Waals surface area contributed by atoms with Crippen molar-refractivity contribution in [1.29, 1.82) is 0 Å². The Labute approximate surface area is 355 Å². The van der Waals surface area contributed by atoms with Gasteiger partial charge in [0.25, 0.3) is 17.4 Å². The molecule has 7 rings (SSSR count). The number of ketones is 1. The highest BCUT2D eigenvalue weighted by Crippen LogP contribution is 2.36. The van der Waals surface area contributed by atoms with E-state index < -0.39 is 23.8 Å². The molecular weight excluding hydrogens is 781 g/mol. The number of pyridine rings is 1. The van der Waals surface area contributed by atoms with Crippen LogP contribution in [0.5, 0.6) is 11.5 Å². The van der Waals surface area contributed by atoms with Gasteiger partial charge in [-0.15, -0.1) is 0 Å². The largest absolute Gasteiger partial charge is 0.493 e. The zero-order valence-corrected chi connectivity index (χ0v) is 35.6. The number of nitrogens with one attached hydrogen (secondary N) is 2. The number of aryl methyl sites for hydroxylation is 1. The number of nitrogens with zero attached hydrogens (tertiary/aromatic N) is 4. The van der Waals surface area contributed by atoms with Crippen molar-refractivity contribution in [2.45, 2.75) is 89.8 Å². The van der Waals surface area contributed by atoms with Crippen LogP contribution in [0.15, 0.2) is 57.9 Å². The summed E-state index contributed by atoms with van der Waals surface area (Å²) in [6.45, 7) is 5.23. The second-order valence-electron chi connectivity index (χ2n) is 16.3. The first-order chi connectivity index (χ1) is 29.5. The normalized spacial score (nSPS) is 18.2. The molecule has 4 aromatic rings. The van der Waals surface area contributed by atoms with E-state index in [-0.39, 0.29) is 47.4 Å². The average Bonchev–Trinajstić information content (AvgIpc) is 3.80. The van der Waals surface area contributed by atoms with Gasteiger partial charge in [-0.1, -0.05) is 50.7 Å². The number of imide groups is 1. The highest BCUT2D eigenvalue weighted by Gasteiger charge is 2.46. The van der Waals surface area contributed by atoms with Crippen LogP contribution in [0.25, 0.3) is 22.1 Å². The number of amides is 4. The first-order valence-corrected chi connectivity index (χ1v) is 21.4. The molecule has 2 saturated heterocycles. The van der Waals surface area contributed by atoms with E-state index in [1.54, 1.807) is 50.2 Å². The molecule has 2 atom stereocenters. The van der Waals surface area contributed by atoms with Crippen molar-refractivity contribution in [3.63, 3.8) is 0 Å². The monoisotopic (exact) mass is 836 g/mol. The van der Waals surface area contributed by atoms with Gasteiger partial charge in [-0.3, -0.25) is 38.6 Å². The molecule has 324 valence electrons. The number of Topliss-reactive ketones (excluding diaryl/α,β-unsaturated/α-hetero) is 1. The summed E-state index contributed by atoms with van der Waals surface area (Å²) in [5.41, 5.74) is 3.10. The number of furan rings is 1. The molecule has 3 aliphatic heterocycles. The van der Waals surface area contributed by atoms with Crippen molar-refractivity contribution in [3.05, 3.63) is 75.9 Å². The van der Waals surface area contributed by atoms with E-state index in [1.165, 1.54) is 0 Å². The topological polar surface area (TPSA) is 173 Å². The van der Waals surface area contributed by atoms with Gasteiger partial charge in [0.15, 0.2) is 17.3 Å². The lowest BCUT2D eigenvalue weighted by atomic mass is 10.0. The van der Waals surface area contributed by atoms with Gasteiger partial charge in [-0.05, 0) is 55.7 Å². The van der Waals surface area contributed by atoms with Crippen LogP contribution in [0.2, 0.25) is 0 Å². The third-order valence-corrected chi connectivity index (χ3v) is 12.1. The van der Waals surface area contributed by atoms with Crippen LogP contribution in [0.4, 0.5) is 5.69 Å². The molecule has 61 heavy (non-hydrogen) atoms. The van der Waals surface area contributed by atoms with Crippen molar-refractivity contribution in [1.82, 2.24) is 24.6 Å². The lowest BCUT2D eigenvalue weighted by Gasteiger charge is -2.39. The summed E-state index contributed by atoms with van der Waals surface area (Å²) in [6.07, 6.45) is 10.3. The number of carbonyl (C=O) groups is 5. The van der Waals surface area contributed by atoms with Crippen LogP contribution in [-0.4, -0.2) is 108 Å². The van der Waals surface area contributed by atoms with Crippen molar-refractivity contribution in [3.8, 4) is 22.6 Å². The number of benzene rings is 2. The minimum Gasteiger partial charge on any atom is -0.493 e. The molecule has 0 bridgehead atoms. The fraction of sp³-hybridized carbons (Fsp3) is 0.478. The zero-order chi connectivity index (χ0) is 43.2. The Morgan fingerprint density at radius 3 is 2.34 bits per heavy atom. The van der Waals surface area contributed by atoms with Gasteiger partial charge < -0.3 is 34.0 Å². The average molecular weight is 837 g/mol. The molecular formula is C46H56N6O9. The summed E-state index contributed by atoms with van der Waals surface area (Å²) >= 11 is 0. The molecule has 0 spiro atoms. The van der Waals surface area contributed by atoms with Gasteiger partial charge in [0.2, 0.25) is 11.8 Å². The van der Waals surface area contributed by atoms with E-state index in [4.69, 9.17) is 13.9 Å². The highest BCUT2D eigenvalue weighted by atomic mass is 16.5. The number of unbranched alkanes of at least 4 members (excludes halogenated alkanes) is 7. The quantitative estimate of drug-likeness (QED) is 0.0955. The molecule has 3 aliphatic rings. The molecule has 2 N–H and O–H groups in total. The van der Waals surface area contributed by atoms with Gasteiger partial charge in [-0.2, -0.15) is 0 Å². The van der Waals surface area contributed by atoms with E-state index in [2.05, 4.69) is 22.5 Å². The van der Waals surface area contributed by atoms with Gasteiger partial charge in [0, 0.05) is 69.6 Å². The fourth-order valence-corrected chi connectivity index (χ4v) is 8.72. The molecule has 2 aromatic heterocycles. The minimum absolute atomic E-state index is 0.0844. The number of fused-ring (bicyclic) bond motifs is 2. The highest BCUT2D eigenvalue weighted by molar-refractivity contribution is 6.25. The third kappa shape index (κ3) is 9.36. The molecule has 4 amide bonds. The second-order valence-corrected chi connectivity index (χ2v) is 16.3. The molecule has 15 heteroatoms. The van der Waals surface area contributed by atoms with E-state index in [0.29, 0.717) is 73.1 Å². The standard InChI is InChI=1S/C46H56N6O9/c1-29-26-51(21-20-50(29)27-32-24-34-42(61-32)35(28-49(2)44(34)56)30-17-18-38(59-3)39(22-30)60-4)40(54)16-11-9-7-5-6-8-10-12-19-47-36-15-13-14-33-41(36)46(58)52(45(33)57)37-23-31(53)25-48-43(37)55/h13-15,17-18,22,24,28-29,37,47H,5-12,16,19-21,23,25-27H2,1-4H3,(H,48,55). The first-order valence-electron chi connectivity index (χ1n) is 21.4. The first kappa shape index (κ1) is 43.1. The molecule has 5 heterocycles. The predicted octanol–water partition coefficient (Wildman–Crippen LogP) is 5.53. The Morgan fingerprint density at radius 2 is 1.61 bits per heavy atom. The Bertz CT molecular complexity index is 2370. The lowest BCUT2D eigenvalue weighted by Crippen LogP contribution is -2.55. The SMILES string of the molecule is COc1ccc(-c2cn(C)c(=O)c3cc(CN4CCN(C(=O)CCCCCCCCCCNc5cccc6c5C(=O)N(C5CC(=O)CNC5=O)C6=O)CC4C)oc23)cc1OC. The van der Waals surface area contributed by atoms with Crippen LogP contribution in [0, 0.1) is 0 Å². The van der Waals surface area contributed by atoms with Crippen molar-refractivity contribution in [2.75, 3.05) is 52.3 Å². The lowest BCUT2D eigenvalue weighted by molar-refractivity contribution is -0.134. The van der Waals surface area contributed by atoms with Gasteiger partial charge >= 0.3 is 0 Å². The van der Waals surface area contributed by atoms with E-state index >= 15 is 0 Å². The Morgan fingerprint density at radius 1 is 0.869 bits per heavy atom. The van der Waals surface area contributed by atoms with Crippen LogP contribution in [0.3, 0.4) is 0 Å². The van der Waals surface area contributed by atoms with Crippen LogP contribution < -0.4 is 25.7 Å². The molecule has 2 unspecified atom stereocenters. The Kier molecular flexibility index (Phi) is 13.6. The smallest absolute Gasteiger partial charge is 0.264 e. The number of anilines is 1. The summed E-state index contributed by atoms with van der Waals surface area (Å²) in [5.74, 6) is 0.297. The van der Waals surface area contributed by atoms with Gasteiger partial charge in [0.1, 0.15) is 17.4 Å². The number of hydrogen-bond acceptors (Lipinski definition) is 11. The number of carbonyl (C=O) groups excluding carboxylic acids is 5. The summed E-state index contributed by atoms with van der Waals surface area (Å²) in [6, 6.07) is 11.5. The fourth-order valence-electron chi connectivity index (χ4n) is 8.72. The number of hydrogen-bond donors (Lipinski definition) is 2. The summed E-state index contributed by atoms with van der Waals surface area (Å²) in [5, 5.41) is 6.30. The van der Waals surface area contributed by atoms with E-state index in [9.17, 15) is 28.8 Å². The maximum absolute atomic E-state index is 13.3. The molecule has 15 nitrogen and oxygen atoms in total. The number of aromatic nitrogens is 1. The Hall–Kier alpha value is -5.96. The number of ether oxygens (including phenoxy) is 2. The summed E-state index contributed by atoms with van der Waals surface area (Å²) < 4.78 is 18.9. The van der Waals surface area contributed by atoms with Crippen molar-refractivity contribution in [2.24, 2.45) is 7.05 Å². The number of piperidine rings is 1.